The van der Waals surface area contributed by atoms with Crippen LogP contribution in [0.1, 0.15) is 18.5 Å². The van der Waals surface area contributed by atoms with Crippen molar-refractivity contribution in [2.75, 3.05) is 53.2 Å². The fourth-order valence-electron chi connectivity index (χ4n) is 4.01. The van der Waals surface area contributed by atoms with Crippen LogP contribution in [0, 0.1) is 0 Å². The Labute approximate surface area is 169 Å². The molecule has 4 rings (SSSR count). The van der Waals surface area contributed by atoms with Gasteiger partial charge in [0, 0.05) is 0 Å². The fraction of sp³-hybridized carbons (Fsp3) is 0.500. The molecule has 1 aromatic carbocycles. The second-order valence-corrected chi connectivity index (χ2v) is 7.64. The van der Waals surface area contributed by atoms with Crippen LogP contribution in [-0.4, -0.2) is 65.2 Å². The van der Waals surface area contributed by atoms with Gasteiger partial charge in [0.05, 0.1) is 31.0 Å². The van der Waals surface area contributed by atoms with E-state index in [0.29, 0.717) is 29.3 Å². The van der Waals surface area contributed by atoms with Crippen LogP contribution in [0.4, 0.5) is 4.79 Å². The van der Waals surface area contributed by atoms with Crippen LogP contribution >= 0.6 is 0 Å². The number of ether oxygens (including phenoxy) is 3. The van der Waals surface area contributed by atoms with Crippen molar-refractivity contribution >= 4 is 12.0 Å². The summed E-state index contributed by atoms with van der Waals surface area (Å²) < 4.78 is 16.2. The molecule has 2 amide bonds. The molecule has 1 saturated heterocycles. The predicted molar refractivity (Wildman–Crippen MR) is 103 cm³/mol. The topological polar surface area (TPSA) is 94.8 Å². The molecule has 0 spiro atoms. The van der Waals surface area contributed by atoms with Crippen molar-refractivity contribution in [2.45, 2.75) is 13.0 Å². The lowest BCUT2D eigenvalue weighted by Gasteiger charge is -2.32. The Morgan fingerprint density at radius 2 is 1.97 bits per heavy atom. The SMILES string of the molecule is CCOC(=O)C1=C(C[NH+]2CC[NH+](C)CC2)NC(=O)N[C@@H]1c1ccc2c(c1)OCO2. The molecule has 0 bridgehead atoms. The fourth-order valence-corrected chi connectivity index (χ4v) is 4.01. The number of likely N-dealkylation sites (N-methyl/N-ethyl adjacent to an activating group) is 1. The molecular formula is C20H28N4O5+2. The smallest absolute Gasteiger partial charge is 0.338 e. The Morgan fingerprint density at radius 3 is 2.72 bits per heavy atom. The number of esters is 1. The van der Waals surface area contributed by atoms with Crippen LogP contribution in [0.5, 0.6) is 11.5 Å². The number of hydrogen-bond donors (Lipinski definition) is 4. The van der Waals surface area contributed by atoms with E-state index in [9.17, 15) is 9.59 Å². The molecule has 9 nitrogen and oxygen atoms in total. The van der Waals surface area contributed by atoms with Crippen molar-refractivity contribution in [3.63, 3.8) is 0 Å². The van der Waals surface area contributed by atoms with Gasteiger partial charge in [-0.25, -0.2) is 9.59 Å². The Kier molecular flexibility index (Phi) is 5.59. The Balaban J connectivity index is 1.68. The average Bonchev–Trinajstić information content (AvgIpc) is 3.17. The third kappa shape index (κ3) is 4.15. The molecule has 156 valence electrons. The molecule has 0 unspecified atom stereocenters. The van der Waals surface area contributed by atoms with Gasteiger partial charge in [-0.05, 0) is 24.6 Å². The Hall–Kier alpha value is -2.78. The van der Waals surface area contributed by atoms with Gasteiger partial charge in [-0.3, -0.25) is 0 Å². The maximum absolute atomic E-state index is 12.9. The number of rotatable bonds is 5. The van der Waals surface area contributed by atoms with Gasteiger partial charge in [0.1, 0.15) is 32.7 Å². The molecule has 9 heteroatoms. The molecule has 29 heavy (non-hydrogen) atoms. The van der Waals surface area contributed by atoms with E-state index in [2.05, 4.69) is 17.7 Å². The van der Waals surface area contributed by atoms with Crippen LogP contribution in [0.15, 0.2) is 29.5 Å². The van der Waals surface area contributed by atoms with E-state index in [-0.39, 0.29) is 19.4 Å². The quantitative estimate of drug-likeness (QED) is 0.426. The van der Waals surface area contributed by atoms with E-state index in [0.717, 1.165) is 31.7 Å². The van der Waals surface area contributed by atoms with Crippen molar-refractivity contribution in [2.24, 2.45) is 0 Å². The standard InChI is InChI=1S/C20H26N4O5/c1-3-27-19(25)17-14(11-24-8-6-23(2)7-9-24)21-20(26)22-18(17)13-4-5-15-16(10-13)29-12-28-15/h4-5,10,18H,3,6-9,11-12H2,1-2H3,(H2,21,22,26)/p+2/t18-/m1/s1. The maximum Gasteiger partial charge on any atom is 0.338 e. The summed E-state index contributed by atoms with van der Waals surface area (Å²) in [6.07, 6.45) is 0. The number of piperazine rings is 1. The molecule has 3 heterocycles. The highest BCUT2D eigenvalue weighted by Gasteiger charge is 2.36. The van der Waals surface area contributed by atoms with Crippen LogP contribution in [-0.2, 0) is 9.53 Å². The number of carbonyl (C=O) groups excluding carboxylic acids is 2. The van der Waals surface area contributed by atoms with Crippen molar-refractivity contribution in [3.05, 3.63) is 35.0 Å². The average molecular weight is 404 g/mol. The van der Waals surface area contributed by atoms with Crippen LogP contribution in [0.25, 0.3) is 0 Å². The number of quaternary nitrogens is 2. The van der Waals surface area contributed by atoms with E-state index in [4.69, 9.17) is 14.2 Å². The molecule has 4 N–H and O–H groups in total. The van der Waals surface area contributed by atoms with E-state index in [1.54, 1.807) is 13.0 Å². The van der Waals surface area contributed by atoms with E-state index >= 15 is 0 Å². The predicted octanol–water partition coefficient (Wildman–Crippen LogP) is -2.00. The van der Waals surface area contributed by atoms with Gasteiger partial charge in [-0.1, -0.05) is 6.07 Å². The van der Waals surface area contributed by atoms with Gasteiger partial charge >= 0.3 is 12.0 Å². The summed E-state index contributed by atoms with van der Waals surface area (Å²) in [5, 5.41) is 5.73. The zero-order valence-corrected chi connectivity index (χ0v) is 16.8. The number of carbonyl (C=O) groups is 2. The van der Waals surface area contributed by atoms with Crippen LogP contribution < -0.4 is 29.9 Å². The van der Waals surface area contributed by atoms with Gasteiger partial charge in [-0.15, -0.1) is 0 Å². The highest BCUT2D eigenvalue weighted by Crippen LogP contribution is 2.36. The lowest BCUT2D eigenvalue weighted by molar-refractivity contribution is -1.00. The van der Waals surface area contributed by atoms with Crippen LogP contribution in [0.3, 0.4) is 0 Å². The van der Waals surface area contributed by atoms with Crippen molar-refractivity contribution in [1.82, 2.24) is 10.6 Å². The molecule has 1 atom stereocenters. The first-order valence-corrected chi connectivity index (χ1v) is 10.1. The number of hydrogen-bond acceptors (Lipinski definition) is 5. The maximum atomic E-state index is 12.9. The molecule has 0 radical (unpaired) electrons. The number of benzene rings is 1. The first-order valence-electron chi connectivity index (χ1n) is 10.1. The van der Waals surface area contributed by atoms with Crippen molar-refractivity contribution < 1.29 is 33.6 Å². The third-order valence-electron chi connectivity index (χ3n) is 5.62. The number of urea groups is 1. The van der Waals surface area contributed by atoms with Crippen molar-refractivity contribution in [3.8, 4) is 11.5 Å². The zero-order chi connectivity index (χ0) is 20.4. The summed E-state index contributed by atoms with van der Waals surface area (Å²) >= 11 is 0. The number of fused-ring (bicyclic) bond motifs is 1. The first-order chi connectivity index (χ1) is 14.0. The van der Waals surface area contributed by atoms with Crippen molar-refractivity contribution in [1.29, 1.82) is 0 Å². The van der Waals surface area contributed by atoms with E-state index in [1.165, 1.54) is 9.80 Å². The second-order valence-electron chi connectivity index (χ2n) is 7.64. The highest BCUT2D eigenvalue weighted by molar-refractivity contribution is 5.95. The normalized spacial score (nSPS) is 26.0. The summed E-state index contributed by atoms with van der Waals surface area (Å²) in [6, 6.07) is 4.51. The highest BCUT2D eigenvalue weighted by atomic mass is 16.7. The van der Waals surface area contributed by atoms with Gasteiger partial charge < -0.3 is 34.6 Å². The minimum Gasteiger partial charge on any atom is -0.463 e. The third-order valence-corrected chi connectivity index (χ3v) is 5.62. The van der Waals surface area contributed by atoms with E-state index < -0.39 is 12.0 Å². The molecule has 1 fully saturated rings. The molecule has 0 saturated carbocycles. The van der Waals surface area contributed by atoms with Gasteiger partial charge in [-0.2, -0.15) is 0 Å². The minimum atomic E-state index is -0.607. The summed E-state index contributed by atoms with van der Waals surface area (Å²) in [4.78, 5) is 28.2. The molecule has 3 aliphatic rings. The lowest BCUT2D eigenvalue weighted by Crippen LogP contribution is -3.27. The van der Waals surface area contributed by atoms with Gasteiger partial charge in [0.25, 0.3) is 0 Å². The first kappa shape index (κ1) is 19.5. The summed E-state index contributed by atoms with van der Waals surface area (Å²) in [5.41, 5.74) is 1.83. The monoisotopic (exact) mass is 404 g/mol. The van der Waals surface area contributed by atoms with Crippen LogP contribution in [0.2, 0.25) is 0 Å². The van der Waals surface area contributed by atoms with Gasteiger partial charge in [0.15, 0.2) is 11.5 Å². The molecule has 0 aliphatic carbocycles. The Morgan fingerprint density at radius 1 is 1.21 bits per heavy atom. The lowest BCUT2D eigenvalue weighted by atomic mass is 9.94. The molecule has 0 aromatic heterocycles. The Bertz CT molecular complexity index is 832. The zero-order valence-electron chi connectivity index (χ0n) is 16.8. The number of amides is 2. The summed E-state index contributed by atoms with van der Waals surface area (Å²) in [7, 11) is 2.18. The van der Waals surface area contributed by atoms with Gasteiger partial charge in [0.2, 0.25) is 6.79 Å². The van der Waals surface area contributed by atoms with E-state index in [1.807, 2.05) is 12.1 Å². The molecular weight excluding hydrogens is 376 g/mol. The molecule has 1 aromatic rings. The summed E-state index contributed by atoms with van der Waals surface area (Å²) in [5.74, 6) is 0.838. The largest absolute Gasteiger partial charge is 0.463 e. The second kappa shape index (κ2) is 8.30. The number of nitrogens with one attached hydrogen (secondary N) is 4. The molecule has 3 aliphatic heterocycles. The minimum absolute atomic E-state index is 0.165. The summed E-state index contributed by atoms with van der Waals surface area (Å²) in [6.45, 7) is 6.89.